The summed E-state index contributed by atoms with van der Waals surface area (Å²) < 4.78 is 4.69. The van der Waals surface area contributed by atoms with E-state index < -0.39 is 0 Å². The van der Waals surface area contributed by atoms with E-state index in [1.807, 2.05) is 12.1 Å². The van der Waals surface area contributed by atoms with Crippen molar-refractivity contribution in [2.45, 2.75) is 38.1 Å². The van der Waals surface area contributed by atoms with Crippen molar-refractivity contribution in [1.82, 2.24) is 10.6 Å². The Morgan fingerprint density at radius 1 is 1.27 bits per heavy atom. The number of esters is 1. The Bertz CT molecular complexity index is 505. The number of guanidine groups is 1. The van der Waals surface area contributed by atoms with Crippen molar-refractivity contribution in [1.29, 1.82) is 0 Å². The van der Waals surface area contributed by atoms with Crippen LogP contribution in [0.25, 0.3) is 0 Å². The number of hydrogen-bond donors (Lipinski definition) is 2. The van der Waals surface area contributed by atoms with Gasteiger partial charge in [-0.15, -0.1) is 0 Å². The van der Waals surface area contributed by atoms with Crippen LogP contribution in [0.1, 0.15) is 41.6 Å². The number of rotatable bonds is 5. The maximum atomic E-state index is 11.4. The molecule has 0 spiro atoms. The van der Waals surface area contributed by atoms with Gasteiger partial charge in [-0.1, -0.05) is 25.0 Å². The van der Waals surface area contributed by atoms with Crippen LogP contribution in [0.3, 0.4) is 0 Å². The highest BCUT2D eigenvalue weighted by Gasteiger charge is 2.15. The zero-order valence-corrected chi connectivity index (χ0v) is 13.4. The fraction of sp³-hybridized carbons (Fsp3) is 0.529. The third-order valence-electron chi connectivity index (χ3n) is 4.00. The summed E-state index contributed by atoms with van der Waals surface area (Å²) in [5.74, 6) is 0.573. The fourth-order valence-corrected chi connectivity index (χ4v) is 2.71. The third-order valence-corrected chi connectivity index (χ3v) is 4.00. The van der Waals surface area contributed by atoms with Crippen LogP contribution >= 0.6 is 0 Å². The molecule has 0 amide bonds. The summed E-state index contributed by atoms with van der Waals surface area (Å²) in [4.78, 5) is 15.6. The Labute approximate surface area is 132 Å². The second-order valence-electron chi connectivity index (χ2n) is 5.56. The topological polar surface area (TPSA) is 62.7 Å². The van der Waals surface area contributed by atoms with Crippen molar-refractivity contribution < 1.29 is 9.53 Å². The van der Waals surface area contributed by atoms with E-state index in [4.69, 9.17) is 4.74 Å². The molecule has 1 saturated carbocycles. The average Bonchev–Trinajstić information content (AvgIpc) is 3.06. The van der Waals surface area contributed by atoms with Crippen LogP contribution in [-0.4, -0.2) is 38.7 Å². The van der Waals surface area contributed by atoms with Crippen LogP contribution in [0, 0.1) is 0 Å². The van der Waals surface area contributed by atoms with E-state index in [0.29, 0.717) is 11.6 Å². The van der Waals surface area contributed by atoms with E-state index in [1.54, 1.807) is 19.2 Å². The molecule has 1 aromatic rings. The Balaban J connectivity index is 1.76. The highest BCUT2D eigenvalue weighted by Crippen LogP contribution is 2.17. The van der Waals surface area contributed by atoms with Crippen molar-refractivity contribution in [3.8, 4) is 0 Å². The summed E-state index contributed by atoms with van der Waals surface area (Å²) in [6, 6.07) is 8.08. The number of nitrogens with zero attached hydrogens (tertiary/aromatic N) is 1. The van der Waals surface area contributed by atoms with Gasteiger partial charge in [0.2, 0.25) is 0 Å². The minimum absolute atomic E-state index is 0.300. The maximum absolute atomic E-state index is 11.4. The van der Waals surface area contributed by atoms with Crippen LogP contribution in [0.2, 0.25) is 0 Å². The van der Waals surface area contributed by atoms with Crippen molar-refractivity contribution >= 4 is 11.9 Å². The van der Waals surface area contributed by atoms with Gasteiger partial charge in [0.1, 0.15) is 0 Å². The molecule has 120 valence electrons. The highest BCUT2D eigenvalue weighted by atomic mass is 16.5. The van der Waals surface area contributed by atoms with E-state index in [9.17, 15) is 4.79 Å². The molecule has 0 radical (unpaired) electrons. The van der Waals surface area contributed by atoms with Crippen molar-refractivity contribution in [3.63, 3.8) is 0 Å². The molecular formula is C17H25N3O2. The summed E-state index contributed by atoms with van der Waals surface area (Å²) >= 11 is 0. The second-order valence-corrected chi connectivity index (χ2v) is 5.56. The summed E-state index contributed by atoms with van der Waals surface area (Å²) in [5.41, 5.74) is 1.76. The molecule has 0 heterocycles. The molecule has 2 N–H and O–H groups in total. The number of carbonyl (C=O) groups is 1. The van der Waals surface area contributed by atoms with Crippen LogP contribution in [0.5, 0.6) is 0 Å². The van der Waals surface area contributed by atoms with E-state index in [1.165, 1.54) is 38.4 Å². The lowest BCUT2D eigenvalue weighted by molar-refractivity contribution is 0.0600. The zero-order chi connectivity index (χ0) is 15.8. The van der Waals surface area contributed by atoms with E-state index in [-0.39, 0.29) is 5.97 Å². The molecule has 0 aromatic heterocycles. The van der Waals surface area contributed by atoms with Crippen LogP contribution < -0.4 is 10.6 Å². The SMILES string of the molecule is CN=C(NCCc1ccc(C(=O)OC)cc1)NC1CCCC1. The molecule has 5 heteroatoms. The van der Waals surface area contributed by atoms with Crippen molar-refractivity contribution in [3.05, 3.63) is 35.4 Å². The van der Waals surface area contributed by atoms with Gasteiger partial charge in [-0.3, -0.25) is 4.99 Å². The quantitative estimate of drug-likeness (QED) is 0.497. The number of hydrogen-bond acceptors (Lipinski definition) is 3. The van der Waals surface area contributed by atoms with E-state index >= 15 is 0 Å². The van der Waals surface area contributed by atoms with Gasteiger partial charge in [0, 0.05) is 19.6 Å². The molecule has 0 aliphatic heterocycles. The summed E-state index contributed by atoms with van der Waals surface area (Å²) in [6.45, 7) is 0.809. The molecule has 0 bridgehead atoms. The highest BCUT2D eigenvalue weighted by molar-refractivity contribution is 5.89. The minimum Gasteiger partial charge on any atom is -0.465 e. The predicted molar refractivity (Wildman–Crippen MR) is 88.2 cm³/mol. The predicted octanol–water partition coefficient (Wildman–Crippen LogP) is 2.12. The number of benzene rings is 1. The Morgan fingerprint density at radius 2 is 1.95 bits per heavy atom. The van der Waals surface area contributed by atoms with E-state index in [2.05, 4.69) is 15.6 Å². The second kappa shape index (κ2) is 8.41. The molecule has 0 unspecified atom stereocenters. The largest absolute Gasteiger partial charge is 0.465 e. The molecule has 0 atom stereocenters. The molecule has 5 nitrogen and oxygen atoms in total. The van der Waals surface area contributed by atoms with Gasteiger partial charge < -0.3 is 15.4 Å². The van der Waals surface area contributed by atoms with Gasteiger partial charge in [0.15, 0.2) is 5.96 Å². The molecule has 0 saturated heterocycles. The summed E-state index contributed by atoms with van der Waals surface area (Å²) in [6.07, 6.45) is 5.96. The summed E-state index contributed by atoms with van der Waals surface area (Å²) in [5, 5.41) is 6.80. The molecule has 1 fully saturated rings. The first-order valence-corrected chi connectivity index (χ1v) is 7.87. The van der Waals surface area contributed by atoms with Crippen LogP contribution in [-0.2, 0) is 11.2 Å². The minimum atomic E-state index is -0.300. The summed E-state index contributed by atoms with van der Waals surface area (Å²) in [7, 11) is 3.19. The van der Waals surface area contributed by atoms with Gasteiger partial charge in [-0.25, -0.2) is 4.79 Å². The first-order chi connectivity index (χ1) is 10.7. The normalized spacial score (nSPS) is 15.6. The van der Waals surface area contributed by atoms with Gasteiger partial charge in [-0.2, -0.15) is 0 Å². The Kier molecular flexibility index (Phi) is 6.25. The van der Waals surface area contributed by atoms with Crippen LogP contribution in [0.4, 0.5) is 0 Å². The fourth-order valence-electron chi connectivity index (χ4n) is 2.71. The van der Waals surface area contributed by atoms with Gasteiger partial charge in [0.25, 0.3) is 0 Å². The lowest BCUT2D eigenvalue weighted by Crippen LogP contribution is -2.42. The maximum Gasteiger partial charge on any atom is 0.337 e. The first-order valence-electron chi connectivity index (χ1n) is 7.87. The van der Waals surface area contributed by atoms with E-state index in [0.717, 1.165) is 18.9 Å². The van der Waals surface area contributed by atoms with Gasteiger partial charge >= 0.3 is 5.97 Å². The average molecular weight is 303 g/mol. The Morgan fingerprint density at radius 3 is 2.55 bits per heavy atom. The molecule has 2 rings (SSSR count). The zero-order valence-electron chi connectivity index (χ0n) is 13.4. The van der Waals surface area contributed by atoms with Crippen molar-refractivity contribution in [2.75, 3.05) is 20.7 Å². The lowest BCUT2D eigenvalue weighted by atomic mass is 10.1. The number of nitrogens with one attached hydrogen (secondary N) is 2. The van der Waals surface area contributed by atoms with Crippen LogP contribution in [0.15, 0.2) is 29.3 Å². The Hall–Kier alpha value is -2.04. The molecule has 1 aliphatic rings. The third kappa shape index (κ3) is 4.76. The monoisotopic (exact) mass is 303 g/mol. The number of carbonyl (C=O) groups excluding carboxylic acids is 1. The number of aliphatic imine (C=N–C) groups is 1. The standard InChI is InChI=1S/C17H25N3O2/c1-18-17(20-15-5-3-4-6-15)19-12-11-13-7-9-14(10-8-13)16(21)22-2/h7-10,15H,3-6,11-12H2,1-2H3,(H2,18,19,20). The van der Waals surface area contributed by atoms with Gasteiger partial charge in [0.05, 0.1) is 12.7 Å². The van der Waals surface area contributed by atoms with Gasteiger partial charge in [-0.05, 0) is 37.0 Å². The molecule has 1 aliphatic carbocycles. The molecule has 22 heavy (non-hydrogen) atoms. The molecular weight excluding hydrogens is 278 g/mol. The smallest absolute Gasteiger partial charge is 0.337 e. The lowest BCUT2D eigenvalue weighted by Gasteiger charge is -2.16. The molecule has 1 aromatic carbocycles. The van der Waals surface area contributed by atoms with Crippen molar-refractivity contribution in [2.24, 2.45) is 4.99 Å². The number of ether oxygens (including phenoxy) is 1. The first kappa shape index (κ1) is 16.3. The number of methoxy groups -OCH3 is 1.